The topological polar surface area (TPSA) is 29.1 Å². The number of carbonyl (C=O) groups is 1. The molecule has 1 N–H and O–H groups in total. The molecule has 0 spiro atoms. The van der Waals surface area contributed by atoms with Crippen molar-refractivity contribution in [3.63, 3.8) is 0 Å². The number of halogens is 1. The van der Waals surface area contributed by atoms with E-state index in [2.05, 4.69) is 26.3 Å². The van der Waals surface area contributed by atoms with Gasteiger partial charge in [0.1, 0.15) is 0 Å². The molecule has 4 fully saturated rings. The fourth-order valence-corrected chi connectivity index (χ4v) is 5.80. The van der Waals surface area contributed by atoms with Crippen LogP contribution in [0, 0.1) is 23.2 Å². The molecule has 0 aromatic rings. The zero-order valence-electron chi connectivity index (χ0n) is 15.2. The summed E-state index contributed by atoms with van der Waals surface area (Å²) in [6.07, 6.45) is 10.3. The van der Waals surface area contributed by atoms with Gasteiger partial charge in [-0.05, 0) is 68.6 Å². The Morgan fingerprint density at radius 1 is 1.09 bits per heavy atom. The Kier molecular flexibility index (Phi) is 6.43. The van der Waals surface area contributed by atoms with Gasteiger partial charge in [0, 0.05) is 19.4 Å². The molecular weight excluding hydrogens is 399 g/mol. The maximum absolute atomic E-state index is 12.4. The first-order chi connectivity index (χ1) is 10.4. The fraction of sp³-hybridized carbons (Fsp3) is 0.947. The first-order valence-corrected chi connectivity index (χ1v) is 9.48. The van der Waals surface area contributed by atoms with Crippen LogP contribution < -0.4 is 29.3 Å². The molecule has 0 radical (unpaired) electrons. The van der Waals surface area contributed by atoms with Crippen LogP contribution in [0.5, 0.6) is 0 Å². The minimum atomic E-state index is 0. The van der Waals surface area contributed by atoms with Gasteiger partial charge in [0.15, 0.2) is 0 Å². The van der Waals surface area contributed by atoms with Crippen molar-refractivity contribution in [3.8, 4) is 0 Å². The lowest BCUT2D eigenvalue weighted by Gasteiger charge is -2.56. The normalized spacial score (nSPS) is 35.0. The summed E-state index contributed by atoms with van der Waals surface area (Å²) in [6, 6.07) is 0. The van der Waals surface area contributed by atoms with E-state index in [1.54, 1.807) is 0 Å². The largest absolute Gasteiger partial charge is 1.00 e. The standard InChI is InChI=1S/C19H34N2O.HI/c1-4-21(2,3)7-5-6-20-18(22)14-19-11-15-8-16(12-19)10-17(9-15)13-19;/h15-17H,4-14H2,1-3H3;1H. The van der Waals surface area contributed by atoms with Crippen molar-refractivity contribution in [1.82, 2.24) is 5.32 Å². The van der Waals surface area contributed by atoms with Crippen LogP contribution in [0.15, 0.2) is 0 Å². The highest BCUT2D eigenvalue weighted by Gasteiger charge is 2.51. The molecule has 3 nitrogen and oxygen atoms in total. The Balaban J connectivity index is 0.00000192. The number of quaternary nitrogens is 1. The van der Waals surface area contributed by atoms with Gasteiger partial charge in [-0.1, -0.05) is 0 Å². The third-order valence-electron chi connectivity index (χ3n) is 6.82. The molecule has 0 atom stereocenters. The van der Waals surface area contributed by atoms with E-state index in [0.717, 1.165) is 54.7 Å². The van der Waals surface area contributed by atoms with Crippen LogP contribution in [0.4, 0.5) is 0 Å². The Labute approximate surface area is 159 Å². The van der Waals surface area contributed by atoms with Gasteiger partial charge in [0.05, 0.1) is 27.2 Å². The van der Waals surface area contributed by atoms with Crippen molar-refractivity contribution in [2.75, 3.05) is 33.7 Å². The van der Waals surface area contributed by atoms with Crippen LogP contribution in [0.1, 0.15) is 58.3 Å². The molecule has 4 aliphatic carbocycles. The lowest BCUT2D eigenvalue weighted by atomic mass is 9.49. The first kappa shape index (κ1) is 19.5. The van der Waals surface area contributed by atoms with Gasteiger partial charge in [-0.3, -0.25) is 4.79 Å². The van der Waals surface area contributed by atoms with Gasteiger partial charge in [0.2, 0.25) is 5.91 Å². The van der Waals surface area contributed by atoms with Gasteiger partial charge < -0.3 is 33.8 Å². The zero-order valence-corrected chi connectivity index (χ0v) is 17.4. The highest BCUT2D eigenvalue weighted by molar-refractivity contribution is 5.76. The van der Waals surface area contributed by atoms with E-state index >= 15 is 0 Å². The van der Waals surface area contributed by atoms with Gasteiger partial charge in [0.25, 0.3) is 0 Å². The van der Waals surface area contributed by atoms with Crippen molar-refractivity contribution in [1.29, 1.82) is 0 Å². The number of carbonyl (C=O) groups excluding carboxylic acids is 1. The summed E-state index contributed by atoms with van der Waals surface area (Å²) >= 11 is 0. The van der Waals surface area contributed by atoms with Crippen LogP contribution in [-0.4, -0.2) is 44.1 Å². The summed E-state index contributed by atoms with van der Waals surface area (Å²) in [7, 11) is 4.52. The smallest absolute Gasteiger partial charge is 0.220 e. The second-order valence-electron chi connectivity index (χ2n) is 9.27. The Morgan fingerprint density at radius 3 is 2.09 bits per heavy atom. The maximum Gasteiger partial charge on any atom is 0.220 e. The molecule has 0 aliphatic heterocycles. The Bertz CT molecular complexity index is 386. The van der Waals surface area contributed by atoms with Crippen molar-refractivity contribution in [3.05, 3.63) is 0 Å². The van der Waals surface area contributed by atoms with Gasteiger partial charge in [-0.2, -0.15) is 0 Å². The monoisotopic (exact) mass is 434 g/mol. The van der Waals surface area contributed by atoms with E-state index in [4.69, 9.17) is 0 Å². The molecule has 0 unspecified atom stereocenters. The van der Waals surface area contributed by atoms with Gasteiger partial charge in [-0.25, -0.2) is 0 Å². The van der Waals surface area contributed by atoms with E-state index in [1.807, 2.05) is 0 Å². The highest BCUT2D eigenvalue weighted by Crippen LogP contribution is 2.61. The van der Waals surface area contributed by atoms with Crippen LogP contribution in [0.3, 0.4) is 0 Å². The fourth-order valence-electron chi connectivity index (χ4n) is 5.80. The molecule has 134 valence electrons. The molecule has 4 heteroatoms. The first-order valence-electron chi connectivity index (χ1n) is 9.48. The molecule has 0 heterocycles. The quantitative estimate of drug-likeness (QED) is 0.346. The number of rotatable bonds is 7. The molecule has 0 aromatic carbocycles. The lowest BCUT2D eigenvalue weighted by Crippen LogP contribution is -3.00. The molecule has 23 heavy (non-hydrogen) atoms. The van der Waals surface area contributed by atoms with Crippen LogP contribution in [-0.2, 0) is 4.79 Å². The van der Waals surface area contributed by atoms with Crippen LogP contribution in [0.25, 0.3) is 0 Å². The van der Waals surface area contributed by atoms with E-state index in [1.165, 1.54) is 38.5 Å². The van der Waals surface area contributed by atoms with E-state index in [9.17, 15) is 4.79 Å². The third kappa shape index (κ3) is 4.83. The van der Waals surface area contributed by atoms with E-state index in [-0.39, 0.29) is 24.0 Å². The molecule has 0 aromatic heterocycles. The average Bonchev–Trinajstić information content (AvgIpc) is 2.41. The summed E-state index contributed by atoms with van der Waals surface area (Å²) < 4.78 is 1.05. The predicted molar refractivity (Wildman–Crippen MR) is 90.4 cm³/mol. The second-order valence-corrected chi connectivity index (χ2v) is 9.27. The van der Waals surface area contributed by atoms with E-state index in [0.29, 0.717) is 11.3 Å². The predicted octanol–water partition coefficient (Wildman–Crippen LogP) is 0.200. The minimum absolute atomic E-state index is 0. The summed E-state index contributed by atoms with van der Waals surface area (Å²) in [4.78, 5) is 12.4. The second kappa shape index (κ2) is 7.59. The zero-order chi connectivity index (χ0) is 15.8. The SMILES string of the molecule is CC[N+](C)(C)CCCNC(=O)CC12CC3CC(CC(C3)C1)C2.[I-]. The summed E-state index contributed by atoms with van der Waals surface area (Å²) in [5, 5.41) is 3.21. The maximum atomic E-state index is 12.4. The average molecular weight is 434 g/mol. The minimum Gasteiger partial charge on any atom is -1.00 e. The van der Waals surface area contributed by atoms with Crippen LogP contribution >= 0.6 is 0 Å². The lowest BCUT2D eigenvalue weighted by molar-refractivity contribution is -0.888. The van der Waals surface area contributed by atoms with Gasteiger partial charge >= 0.3 is 0 Å². The molecule has 4 bridgehead atoms. The highest BCUT2D eigenvalue weighted by atomic mass is 127. The molecule has 4 aliphatic rings. The molecule has 0 saturated heterocycles. The molecule has 4 rings (SSSR count). The van der Waals surface area contributed by atoms with Crippen molar-refractivity contribution in [2.24, 2.45) is 23.2 Å². The number of nitrogens with zero attached hydrogens (tertiary/aromatic N) is 1. The van der Waals surface area contributed by atoms with E-state index < -0.39 is 0 Å². The molecule has 1 amide bonds. The number of nitrogens with one attached hydrogen (secondary N) is 1. The van der Waals surface area contributed by atoms with Crippen LogP contribution in [0.2, 0.25) is 0 Å². The van der Waals surface area contributed by atoms with Gasteiger partial charge in [-0.15, -0.1) is 0 Å². The Hall–Kier alpha value is 0.160. The number of hydrogen-bond donors (Lipinski definition) is 1. The number of amides is 1. The number of hydrogen-bond acceptors (Lipinski definition) is 1. The van der Waals surface area contributed by atoms with Crippen molar-refractivity contribution < 1.29 is 33.3 Å². The summed E-state index contributed by atoms with van der Waals surface area (Å²) in [5.74, 6) is 3.16. The summed E-state index contributed by atoms with van der Waals surface area (Å²) in [5.41, 5.74) is 0.386. The molecule has 4 saturated carbocycles. The summed E-state index contributed by atoms with van der Waals surface area (Å²) in [6.45, 7) is 5.38. The molecular formula is C19H35IN2O. The third-order valence-corrected chi connectivity index (χ3v) is 6.82. The van der Waals surface area contributed by atoms with Crippen molar-refractivity contribution >= 4 is 5.91 Å². The van der Waals surface area contributed by atoms with Crippen molar-refractivity contribution in [2.45, 2.75) is 58.3 Å². The Morgan fingerprint density at radius 2 is 1.61 bits per heavy atom.